The first-order valence-electron chi connectivity index (χ1n) is 7.66. The molecule has 4 heteroatoms. The number of hydrogen-bond acceptors (Lipinski definition) is 3. The summed E-state index contributed by atoms with van der Waals surface area (Å²) in [7, 11) is 1.66. The van der Waals surface area contributed by atoms with E-state index in [4.69, 9.17) is 21.1 Å². The van der Waals surface area contributed by atoms with Crippen LogP contribution in [0, 0.1) is 0 Å². The predicted octanol–water partition coefficient (Wildman–Crippen LogP) is 4.82. The summed E-state index contributed by atoms with van der Waals surface area (Å²) in [5.41, 5.74) is 2.19. The molecule has 0 saturated carbocycles. The van der Waals surface area contributed by atoms with Gasteiger partial charge in [-0.1, -0.05) is 23.7 Å². The van der Waals surface area contributed by atoms with Crippen LogP contribution in [0.2, 0.25) is 5.02 Å². The van der Waals surface area contributed by atoms with Gasteiger partial charge >= 0.3 is 0 Å². The van der Waals surface area contributed by atoms with Crippen LogP contribution in [0.25, 0.3) is 0 Å². The topological polar surface area (TPSA) is 30.5 Å². The van der Waals surface area contributed by atoms with Crippen LogP contribution in [-0.2, 0) is 13.2 Å². The second-order valence-corrected chi connectivity index (χ2v) is 6.93. The molecular weight excluding hydrogens is 310 g/mol. The Kier molecular flexibility index (Phi) is 5.91. The van der Waals surface area contributed by atoms with Gasteiger partial charge in [-0.15, -0.1) is 0 Å². The van der Waals surface area contributed by atoms with E-state index in [1.165, 1.54) is 0 Å². The zero-order valence-electron chi connectivity index (χ0n) is 14.2. The summed E-state index contributed by atoms with van der Waals surface area (Å²) in [6, 6.07) is 13.6. The fourth-order valence-corrected chi connectivity index (χ4v) is 2.26. The van der Waals surface area contributed by atoms with Crippen LogP contribution >= 0.6 is 11.6 Å². The number of nitrogens with one attached hydrogen (secondary N) is 1. The van der Waals surface area contributed by atoms with Crippen molar-refractivity contribution in [3.05, 3.63) is 58.6 Å². The maximum Gasteiger partial charge on any atom is 0.124 e. The molecule has 0 unspecified atom stereocenters. The summed E-state index contributed by atoms with van der Waals surface area (Å²) in [5, 5.41) is 4.18. The van der Waals surface area contributed by atoms with E-state index in [9.17, 15) is 0 Å². The Labute approximate surface area is 143 Å². The Balaban J connectivity index is 2.06. The maximum atomic E-state index is 6.12. The molecule has 0 fully saturated rings. The SMILES string of the molecule is COc1ccc(COc2ccc(Cl)cc2CNC(C)(C)C)cc1. The molecule has 0 aromatic heterocycles. The van der Waals surface area contributed by atoms with E-state index in [0.717, 1.165) is 22.6 Å². The van der Waals surface area contributed by atoms with Gasteiger partial charge in [-0.05, 0) is 56.7 Å². The third kappa shape index (κ3) is 5.77. The number of benzene rings is 2. The van der Waals surface area contributed by atoms with Gasteiger partial charge < -0.3 is 14.8 Å². The molecule has 124 valence electrons. The number of hydrogen-bond donors (Lipinski definition) is 1. The third-order valence-corrected chi connectivity index (χ3v) is 3.62. The van der Waals surface area contributed by atoms with Gasteiger partial charge in [0.05, 0.1) is 7.11 Å². The second-order valence-electron chi connectivity index (χ2n) is 6.49. The van der Waals surface area contributed by atoms with Crippen molar-refractivity contribution in [2.75, 3.05) is 7.11 Å². The van der Waals surface area contributed by atoms with E-state index < -0.39 is 0 Å². The molecule has 0 radical (unpaired) electrons. The van der Waals surface area contributed by atoms with Crippen LogP contribution in [0.3, 0.4) is 0 Å². The first-order chi connectivity index (χ1) is 10.9. The van der Waals surface area contributed by atoms with Gasteiger partial charge in [0.25, 0.3) is 0 Å². The lowest BCUT2D eigenvalue weighted by atomic mass is 10.1. The highest BCUT2D eigenvalue weighted by atomic mass is 35.5. The van der Waals surface area contributed by atoms with Gasteiger partial charge in [0.1, 0.15) is 18.1 Å². The van der Waals surface area contributed by atoms with Gasteiger partial charge in [0, 0.05) is 22.7 Å². The van der Waals surface area contributed by atoms with Gasteiger partial charge in [-0.3, -0.25) is 0 Å². The average molecular weight is 334 g/mol. The van der Waals surface area contributed by atoms with Crippen molar-refractivity contribution < 1.29 is 9.47 Å². The van der Waals surface area contributed by atoms with Gasteiger partial charge in [0.15, 0.2) is 0 Å². The fourth-order valence-electron chi connectivity index (χ4n) is 2.07. The van der Waals surface area contributed by atoms with E-state index in [1.807, 2.05) is 42.5 Å². The first kappa shape index (κ1) is 17.6. The standard InChI is InChI=1S/C19H24ClNO2/c1-19(2,3)21-12-15-11-16(20)7-10-18(15)23-13-14-5-8-17(22-4)9-6-14/h5-11,21H,12-13H2,1-4H3. The summed E-state index contributed by atoms with van der Waals surface area (Å²) < 4.78 is 11.1. The minimum atomic E-state index is 0.0373. The Hall–Kier alpha value is -1.71. The van der Waals surface area contributed by atoms with Crippen molar-refractivity contribution >= 4 is 11.6 Å². The minimum Gasteiger partial charge on any atom is -0.497 e. The Morgan fingerprint density at radius 2 is 1.74 bits per heavy atom. The van der Waals surface area contributed by atoms with E-state index in [0.29, 0.717) is 18.2 Å². The second kappa shape index (κ2) is 7.71. The Bertz CT molecular complexity index is 633. The Morgan fingerprint density at radius 1 is 1.04 bits per heavy atom. The third-order valence-electron chi connectivity index (χ3n) is 3.39. The van der Waals surface area contributed by atoms with E-state index >= 15 is 0 Å². The number of ether oxygens (including phenoxy) is 2. The van der Waals surface area contributed by atoms with Crippen molar-refractivity contribution in [2.45, 2.75) is 39.5 Å². The van der Waals surface area contributed by atoms with Gasteiger partial charge in [-0.25, -0.2) is 0 Å². The fraction of sp³-hybridized carbons (Fsp3) is 0.368. The van der Waals surface area contributed by atoms with Crippen LogP contribution in [0.1, 0.15) is 31.9 Å². The molecule has 23 heavy (non-hydrogen) atoms. The molecule has 0 aliphatic rings. The zero-order valence-corrected chi connectivity index (χ0v) is 14.9. The summed E-state index contributed by atoms with van der Waals surface area (Å²) >= 11 is 6.12. The number of rotatable bonds is 6. The summed E-state index contributed by atoms with van der Waals surface area (Å²) in [5.74, 6) is 1.69. The van der Waals surface area contributed by atoms with Crippen LogP contribution in [-0.4, -0.2) is 12.6 Å². The molecule has 0 aliphatic heterocycles. The molecule has 0 atom stereocenters. The smallest absolute Gasteiger partial charge is 0.124 e. The monoisotopic (exact) mass is 333 g/mol. The molecule has 0 heterocycles. The quantitative estimate of drug-likeness (QED) is 0.822. The lowest BCUT2D eigenvalue weighted by Crippen LogP contribution is -2.35. The van der Waals surface area contributed by atoms with E-state index in [2.05, 4.69) is 26.1 Å². The Morgan fingerprint density at radius 3 is 2.35 bits per heavy atom. The zero-order chi connectivity index (χ0) is 16.9. The maximum absolute atomic E-state index is 6.12. The molecular formula is C19H24ClNO2. The summed E-state index contributed by atoms with van der Waals surface area (Å²) in [6.07, 6.45) is 0. The number of halogens is 1. The molecule has 2 rings (SSSR count). The highest BCUT2D eigenvalue weighted by molar-refractivity contribution is 6.30. The van der Waals surface area contributed by atoms with Gasteiger partial charge in [0.2, 0.25) is 0 Å². The predicted molar refractivity (Wildman–Crippen MR) is 95.4 cm³/mol. The highest BCUT2D eigenvalue weighted by Crippen LogP contribution is 2.24. The lowest BCUT2D eigenvalue weighted by molar-refractivity contribution is 0.300. The minimum absolute atomic E-state index is 0.0373. The van der Waals surface area contributed by atoms with Crippen LogP contribution in [0.15, 0.2) is 42.5 Å². The van der Waals surface area contributed by atoms with Gasteiger partial charge in [-0.2, -0.15) is 0 Å². The molecule has 0 bridgehead atoms. The van der Waals surface area contributed by atoms with Crippen LogP contribution < -0.4 is 14.8 Å². The summed E-state index contributed by atoms with van der Waals surface area (Å²) in [4.78, 5) is 0. The van der Waals surface area contributed by atoms with Crippen LogP contribution in [0.5, 0.6) is 11.5 Å². The van der Waals surface area contributed by atoms with E-state index in [1.54, 1.807) is 7.11 Å². The van der Waals surface area contributed by atoms with Crippen molar-refractivity contribution in [2.24, 2.45) is 0 Å². The molecule has 0 spiro atoms. The molecule has 0 amide bonds. The normalized spacial score (nSPS) is 11.3. The average Bonchev–Trinajstić information content (AvgIpc) is 2.52. The van der Waals surface area contributed by atoms with Crippen LogP contribution in [0.4, 0.5) is 0 Å². The molecule has 0 saturated heterocycles. The molecule has 1 N–H and O–H groups in total. The number of methoxy groups -OCH3 is 1. The van der Waals surface area contributed by atoms with Crippen molar-refractivity contribution in [1.82, 2.24) is 5.32 Å². The molecule has 2 aromatic carbocycles. The van der Waals surface area contributed by atoms with Crippen molar-refractivity contribution in [3.63, 3.8) is 0 Å². The molecule has 2 aromatic rings. The first-order valence-corrected chi connectivity index (χ1v) is 8.04. The largest absolute Gasteiger partial charge is 0.497 e. The van der Waals surface area contributed by atoms with E-state index in [-0.39, 0.29) is 5.54 Å². The molecule has 3 nitrogen and oxygen atoms in total. The highest BCUT2D eigenvalue weighted by Gasteiger charge is 2.11. The molecule has 0 aliphatic carbocycles. The summed E-state index contributed by atoms with van der Waals surface area (Å²) in [6.45, 7) is 7.62. The van der Waals surface area contributed by atoms with Crippen molar-refractivity contribution in [1.29, 1.82) is 0 Å². The lowest BCUT2D eigenvalue weighted by Gasteiger charge is -2.22. The van der Waals surface area contributed by atoms with Crippen molar-refractivity contribution in [3.8, 4) is 11.5 Å².